The molecule has 5 heterocycles. The Morgan fingerprint density at radius 3 is 2.76 bits per heavy atom. The van der Waals surface area contributed by atoms with E-state index in [9.17, 15) is 4.79 Å². The van der Waals surface area contributed by atoms with Crippen LogP contribution in [0.1, 0.15) is 55.8 Å². The summed E-state index contributed by atoms with van der Waals surface area (Å²) in [6.45, 7) is 4.18. The van der Waals surface area contributed by atoms with Gasteiger partial charge in [0.25, 0.3) is 0 Å². The third-order valence-corrected chi connectivity index (χ3v) is 7.10. The molecule has 190 valence electrons. The first-order valence-corrected chi connectivity index (χ1v) is 13.1. The Bertz CT molecular complexity index is 1510. The quantitative estimate of drug-likeness (QED) is 0.473. The van der Waals surface area contributed by atoms with Gasteiger partial charge in [-0.05, 0) is 48.2 Å². The van der Waals surface area contributed by atoms with Crippen LogP contribution in [-0.4, -0.2) is 45.7 Å². The molecule has 0 fully saturated rings. The van der Waals surface area contributed by atoms with Gasteiger partial charge >= 0.3 is 0 Å². The third kappa shape index (κ3) is 4.53. The average Bonchev–Trinajstić information content (AvgIpc) is 3.53. The largest absolute Gasteiger partial charge is 0.358 e. The van der Waals surface area contributed by atoms with E-state index in [2.05, 4.69) is 57.6 Å². The number of carbonyl (C=O) groups excluding carboxylic acids is 1. The van der Waals surface area contributed by atoms with E-state index in [1.165, 1.54) is 0 Å². The number of amidine groups is 1. The van der Waals surface area contributed by atoms with Gasteiger partial charge in [0.1, 0.15) is 17.6 Å². The second-order valence-corrected chi connectivity index (χ2v) is 9.79. The minimum Gasteiger partial charge on any atom is -0.358 e. The Labute approximate surface area is 221 Å². The molecule has 1 aromatic carbocycles. The summed E-state index contributed by atoms with van der Waals surface area (Å²) in [4.78, 5) is 35.4. The number of aliphatic imine (C=N–C) groups is 3. The molecule has 8 nitrogen and oxygen atoms in total. The van der Waals surface area contributed by atoms with E-state index in [0.29, 0.717) is 12.1 Å². The number of anilines is 1. The zero-order valence-electron chi connectivity index (χ0n) is 21.4. The van der Waals surface area contributed by atoms with Gasteiger partial charge in [-0.25, -0.2) is 0 Å². The first-order chi connectivity index (χ1) is 18.6. The third-order valence-electron chi connectivity index (χ3n) is 7.10. The van der Waals surface area contributed by atoms with Gasteiger partial charge in [-0.1, -0.05) is 31.5 Å². The predicted octanol–water partition coefficient (Wildman–Crippen LogP) is 5.00. The van der Waals surface area contributed by atoms with Crippen molar-refractivity contribution >= 4 is 34.9 Å². The summed E-state index contributed by atoms with van der Waals surface area (Å²) < 4.78 is 0. The van der Waals surface area contributed by atoms with Crippen molar-refractivity contribution in [2.45, 2.75) is 51.2 Å². The molecule has 0 bridgehead atoms. The standard InChI is InChI=1S/C30H29N7O/c1-3-4-7-27(38)35-22-11-21(14-32-15-22)19-8-9-23-18(2)34-29(24(23)12-19)30-36-26-17-33-16-25(28(26)37-30)20-6-5-10-31-13-20/h5-6,8-18,26,28H,3-4,7H2,1-2H3,(H,35,38)(H,36,37)/t18-,26?,28?/m0/s1. The molecular formula is C30H29N7O. The zero-order valence-corrected chi connectivity index (χ0v) is 21.4. The van der Waals surface area contributed by atoms with E-state index in [-0.39, 0.29) is 24.0 Å². The first kappa shape index (κ1) is 23.9. The molecule has 2 aromatic heterocycles. The van der Waals surface area contributed by atoms with Crippen LogP contribution in [0, 0.1) is 0 Å². The van der Waals surface area contributed by atoms with E-state index in [1.54, 1.807) is 12.4 Å². The summed E-state index contributed by atoms with van der Waals surface area (Å²) >= 11 is 0. The highest BCUT2D eigenvalue weighted by atomic mass is 16.1. The molecule has 2 unspecified atom stereocenters. The predicted molar refractivity (Wildman–Crippen MR) is 152 cm³/mol. The Morgan fingerprint density at radius 2 is 1.92 bits per heavy atom. The van der Waals surface area contributed by atoms with Crippen LogP contribution < -0.4 is 10.6 Å². The van der Waals surface area contributed by atoms with E-state index >= 15 is 0 Å². The number of carbonyl (C=O) groups is 1. The number of amides is 1. The Hall–Kier alpha value is -4.46. The molecule has 1 amide bonds. The van der Waals surface area contributed by atoms with Crippen molar-refractivity contribution in [3.05, 3.63) is 84.1 Å². The molecule has 0 saturated carbocycles. The van der Waals surface area contributed by atoms with Crippen LogP contribution in [0.3, 0.4) is 0 Å². The van der Waals surface area contributed by atoms with E-state index in [0.717, 1.165) is 57.8 Å². The lowest BCUT2D eigenvalue weighted by molar-refractivity contribution is -0.116. The number of pyridine rings is 2. The molecule has 0 radical (unpaired) electrons. The lowest BCUT2D eigenvalue weighted by Gasteiger charge is -2.20. The van der Waals surface area contributed by atoms with Gasteiger partial charge in [0.15, 0.2) is 0 Å². The maximum Gasteiger partial charge on any atom is 0.224 e. The fraction of sp³-hybridized carbons (Fsp3) is 0.267. The Balaban J connectivity index is 1.29. The van der Waals surface area contributed by atoms with Gasteiger partial charge in [0.2, 0.25) is 5.91 Å². The topological polar surface area (TPSA) is 104 Å². The van der Waals surface area contributed by atoms with Crippen LogP contribution in [0.15, 0.2) is 82.4 Å². The Morgan fingerprint density at radius 1 is 1.03 bits per heavy atom. The average molecular weight is 504 g/mol. The number of rotatable bonds is 7. The van der Waals surface area contributed by atoms with Gasteiger partial charge in [-0.3, -0.25) is 29.7 Å². The molecule has 3 atom stereocenters. The molecular weight excluding hydrogens is 474 g/mol. The van der Waals surface area contributed by atoms with E-state index in [1.807, 2.05) is 43.0 Å². The summed E-state index contributed by atoms with van der Waals surface area (Å²) in [5.41, 5.74) is 7.78. The molecule has 38 heavy (non-hydrogen) atoms. The number of unbranched alkanes of at least 4 members (excludes halogenated alkanes) is 1. The number of hydrogen-bond acceptors (Lipinski definition) is 7. The van der Waals surface area contributed by atoms with Gasteiger partial charge in [-0.2, -0.15) is 0 Å². The highest BCUT2D eigenvalue weighted by Gasteiger charge is 2.37. The SMILES string of the molecule is CCCCC(=O)Nc1cncc(-c2ccc3c(c2)C(C2=NC4C(c5cccnc5)=CN=CC4N2)=N[C@H]3C)c1. The van der Waals surface area contributed by atoms with Crippen molar-refractivity contribution in [1.29, 1.82) is 0 Å². The summed E-state index contributed by atoms with van der Waals surface area (Å²) in [6, 6.07) is 12.2. The van der Waals surface area contributed by atoms with Crippen LogP contribution in [0.5, 0.6) is 0 Å². The molecule has 0 spiro atoms. The number of fused-ring (bicyclic) bond motifs is 2. The molecule has 3 aromatic rings. The molecule has 8 heteroatoms. The Kier molecular flexibility index (Phi) is 6.37. The maximum atomic E-state index is 12.2. The van der Waals surface area contributed by atoms with Crippen LogP contribution in [0.2, 0.25) is 0 Å². The molecule has 3 aliphatic heterocycles. The van der Waals surface area contributed by atoms with Crippen LogP contribution in [0.4, 0.5) is 5.69 Å². The van der Waals surface area contributed by atoms with Gasteiger partial charge in [0, 0.05) is 54.1 Å². The van der Waals surface area contributed by atoms with Crippen LogP contribution in [-0.2, 0) is 4.79 Å². The number of nitrogens with zero attached hydrogens (tertiary/aromatic N) is 5. The van der Waals surface area contributed by atoms with Crippen molar-refractivity contribution in [2.75, 3.05) is 5.32 Å². The lowest BCUT2D eigenvalue weighted by Crippen LogP contribution is -2.40. The normalized spacial score (nSPS) is 21.1. The molecule has 3 aliphatic rings. The van der Waals surface area contributed by atoms with Crippen molar-refractivity contribution in [2.24, 2.45) is 15.0 Å². The fourth-order valence-corrected chi connectivity index (χ4v) is 5.13. The molecule has 0 saturated heterocycles. The molecule has 6 rings (SSSR count). The van der Waals surface area contributed by atoms with Crippen molar-refractivity contribution < 1.29 is 4.79 Å². The van der Waals surface area contributed by atoms with Gasteiger partial charge in [-0.15, -0.1) is 0 Å². The van der Waals surface area contributed by atoms with Crippen molar-refractivity contribution in [1.82, 2.24) is 15.3 Å². The minimum atomic E-state index is -0.0888. The van der Waals surface area contributed by atoms with Crippen molar-refractivity contribution in [3.8, 4) is 11.1 Å². The second kappa shape index (κ2) is 10.1. The summed E-state index contributed by atoms with van der Waals surface area (Å²) in [7, 11) is 0. The number of hydrogen-bond donors (Lipinski definition) is 2. The van der Waals surface area contributed by atoms with E-state index < -0.39 is 0 Å². The summed E-state index contributed by atoms with van der Waals surface area (Å²) in [5, 5.41) is 6.52. The van der Waals surface area contributed by atoms with Gasteiger partial charge in [0.05, 0.1) is 24.0 Å². The van der Waals surface area contributed by atoms with Crippen molar-refractivity contribution in [3.63, 3.8) is 0 Å². The van der Waals surface area contributed by atoms with Gasteiger partial charge < -0.3 is 10.6 Å². The summed E-state index contributed by atoms with van der Waals surface area (Å²) in [6.07, 6.45) is 13.3. The monoisotopic (exact) mass is 503 g/mol. The summed E-state index contributed by atoms with van der Waals surface area (Å²) in [5.74, 6) is 0.791. The second-order valence-electron chi connectivity index (χ2n) is 9.79. The highest BCUT2D eigenvalue weighted by molar-refractivity contribution is 6.49. The fourth-order valence-electron chi connectivity index (χ4n) is 5.13. The first-order valence-electron chi connectivity index (χ1n) is 13.1. The minimum absolute atomic E-state index is 0.0121. The lowest BCUT2D eigenvalue weighted by atomic mass is 9.95. The van der Waals surface area contributed by atoms with Crippen LogP contribution >= 0.6 is 0 Å². The maximum absolute atomic E-state index is 12.2. The molecule has 0 aliphatic carbocycles. The zero-order chi connectivity index (χ0) is 26.1. The number of aromatic nitrogens is 2. The number of nitrogens with one attached hydrogen (secondary N) is 2. The smallest absolute Gasteiger partial charge is 0.224 e. The van der Waals surface area contributed by atoms with E-state index in [4.69, 9.17) is 9.98 Å². The van der Waals surface area contributed by atoms with Crippen LogP contribution in [0.25, 0.3) is 16.7 Å². The molecule has 2 N–H and O–H groups in total. The highest BCUT2D eigenvalue weighted by Crippen LogP contribution is 2.35. The number of benzene rings is 1.